The van der Waals surface area contributed by atoms with Gasteiger partial charge in [0, 0.05) is 55.8 Å². The number of amides is 1. The molecular formula is C33H32N6O4S. The van der Waals surface area contributed by atoms with Gasteiger partial charge in [-0.25, -0.2) is 18.1 Å². The molecule has 0 spiro atoms. The first-order valence-electron chi connectivity index (χ1n) is 14.4. The minimum absolute atomic E-state index is 0.0627. The number of hydrogen-bond acceptors (Lipinski definition) is 8. The van der Waals surface area contributed by atoms with Crippen LogP contribution in [0.1, 0.15) is 39.0 Å². The minimum atomic E-state index is -4.13. The number of ether oxygens (including phenoxy) is 1. The molecule has 10 nitrogen and oxygen atoms in total. The van der Waals surface area contributed by atoms with Crippen molar-refractivity contribution in [3.05, 3.63) is 101 Å². The largest absolute Gasteiger partial charge is 0.477 e. The summed E-state index contributed by atoms with van der Waals surface area (Å²) in [6.45, 7) is 6.39. The van der Waals surface area contributed by atoms with Gasteiger partial charge in [-0.1, -0.05) is 42.5 Å². The zero-order valence-electron chi connectivity index (χ0n) is 24.5. The first-order valence-corrected chi connectivity index (χ1v) is 15.9. The first-order chi connectivity index (χ1) is 21.2. The van der Waals surface area contributed by atoms with Crippen molar-refractivity contribution in [1.29, 1.82) is 5.26 Å². The number of fused-ring (bicyclic) bond motifs is 5. The Morgan fingerprint density at radius 2 is 1.77 bits per heavy atom. The van der Waals surface area contributed by atoms with Gasteiger partial charge >= 0.3 is 0 Å². The lowest BCUT2D eigenvalue weighted by Gasteiger charge is -2.41. The summed E-state index contributed by atoms with van der Waals surface area (Å²) in [5.41, 5.74) is 5.24. The van der Waals surface area contributed by atoms with Crippen LogP contribution < -0.4 is 9.46 Å². The summed E-state index contributed by atoms with van der Waals surface area (Å²) in [5, 5.41) is 9.58. The molecule has 1 fully saturated rings. The number of carbonyl (C=O) groups is 1. The van der Waals surface area contributed by atoms with E-state index in [1.54, 1.807) is 23.1 Å². The van der Waals surface area contributed by atoms with E-state index in [1.165, 1.54) is 12.1 Å². The molecule has 3 heterocycles. The first kappa shape index (κ1) is 29.3. The molecule has 4 aromatic rings. The van der Waals surface area contributed by atoms with Crippen molar-refractivity contribution in [3.8, 4) is 23.2 Å². The lowest BCUT2D eigenvalue weighted by Crippen LogP contribution is -2.55. The maximum atomic E-state index is 13.8. The fraction of sp³-hybridized carbons (Fsp3) is 0.273. The number of hydrogen-bond donors (Lipinski definition) is 1. The molecule has 1 amide bonds. The van der Waals surface area contributed by atoms with Crippen molar-refractivity contribution in [2.45, 2.75) is 37.8 Å². The summed E-state index contributed by atoms with van der Waals surface area (Å²) in [7, 11) is -4.13. The monoisotopic (exact) mass is 608 g/mol. The van der Waals surface area contributed by atoms with Crippen LogP contribution in [0.15, 0.2) is 77.7 Å². The fourth-order valence-corrected chi connectivity index (χ4v) is 6.91. The highest BCUT2D eigenvalue weighted by Gasteiger charge is 2.32. The average Bonchev–Trinajstić information content (AvgIpc) is 3.00. The van der Waals surface area contributed by atoms with E-state index in [4.69, 9.17) is 4.74 Å². The highest BCUT2D eigenvalue weighted by Crippen LogP contribution is 2.30. The van der Waals surface area contributed by atoms with Crippen LogP contribution in [0.3, 0.4) is 0 Å². The van der Waals surface area contributed by atoms with Gasteiger partial charge in [-0.3, -0.25) is 9.69 Å². The molecule has 0 radical (unpaired) electrons. The maximum Gasteiger partial charge on any atom is 0.264 e. The summed E-state index contributed by atoms with van der Waals surface area (Å²) in [6.07, 6.45) is 0.519. The number of nitrogens with zero attached hydrogens (tertiary/aromatic N) is 5. The molecule has 1 saturated heterocycles. The lowest BCUT2D eigenvalue weighted by atomic mass is 10.00. The molecular weight excluding hydrogens is 576 g/mol. The molecule has 3 aromatic carbocycles. The Balaban J connectivity index is 1.37. The molecule has 4 bridgehead atoms. The second-order valence-corrected chi connectivity index (χ2v) is 12.8. The fourth-order valence-electron chi connectivity index (χ4n) is 5.92. The number of piperazine rings is 1. The number of nitrogens with one attached hydrogen (secondary N) is 1. The molecule has 1 aromatic heterocycles. The average molecular weight is 609 g/mol. The molecule has 44 heavy (non-hydrogen) atoms. The van der Waals surface area contributed by atoms with Crippen LogP contribution in [0.2, 0.25) is 0 Å². The second kappa shape index (κ2) is 12.1. The van der Waals surface area contributed by atoms with E-state index in [0.29, 0.717) is 43.9 Å². The normalized spacial score (nSPS) is 18.2. The van der Waals surface area contributed by atoms with Gasteiger partial charge in [0.2, 0.25) is 11.8 Å². The van der Waals surface area contributed by atoms with Gasteiger partial charge in [-0.15, -0.1) is 0 Å². The van der Waals surface area contributed by atoms with Gasteiger partial charge in [0.25, 0.3) is 15.9 Å². The predicted molar refractivity (Wildman–Crippen MR) is 166 cm³/mol. The predicted octanol–water partition coefficient (Wildman–Crippen LogP) is 4.54. The van der Waals surface area contributed by atoms with Crippen LogP contribution in [0.4, 0.5) is 5.95 Å². The summed E-state index contributed by atoms with van der Waals surface area (Å²) in [5.74, 6) is -0.126. The van der Waals surface area contributed by atoms with Crippen LogP contribution >= 0.6 is 0 Å². The SMILES string of the molecule is Cc1cccc(C)c1-c1cc2nc(n1)NS(=O)(=O)c1cccc(c1)C(=O)N1CCN(Cc3ccccc3C#N)C[C@@H]1CCO2. The van der Waals surface area contributed by atoms with E-state index >= 15 is 0 Å². The number of rotatable bonds is 3. The standard InChI is InChI=1S/C33H32N6O4S/c1-22-7-5-8-23(2)31(22)29-18-30-36-33(35-29)37-44(41,42)28-12-6-11-24(17-28)32(40)39-15-14-38(21-27(39)13-16-43-30)20-26-10-4-3-9-25(26)19-34/h3-12,17-18,27H,13-16,20-21H2,1-2H3,(H,35,36,37)/t27-/m0/s1. The number of carbonyl (C=O) groups excluding carboxylic acids is 1. The van der Waals surface area contributed by atoms with E-state index in [1.807, 2.05) is 56.3 Å². The maximum absolute atomic E-state index is 13.8. The van der Waals surface area contributed by atoms with Crippen LogP contribution in [-0.2, 0) is 16.6 Å². The van der Waals surface area contributed by atoms with Crippen molar-refractivity contribution in [2.24, 2.45) is 0 Å². The summed E-state index contributed by atoms with van der Waals surface area (Å²) in [4.78, 5) is 26.7. The molecule has 2 aliphatic rings. The highest BCUT2D eigenvalue weighted by atomic mass is 32.2. The van der Waals surface area contributed by atoms with Crippen molar-refractivity contribution in [2.75, 3.05) is 31.0 Å². The van der Waals surface area contributed by atoms with Crippen molar-refractivity contribution >= 4 is 21.9 Å². The van der Waals surface area contributed by atoms with Crippen molar-refractivity contribution < 1.29 is 17.9 Å². The Morgan fingerprint density at radius 1 is 1.00 bits per heavy atom. The Bertz CT molecular complexity index is 1870. The molecule has 224 valence electrons. The Labute approximate surface area is 257 Å². The van der Waals surface area contributed by atoms with Gasteiger partial charge in [0.1, 0.15) is 0 Å². The summed E-state index contributed by atoms with van der Waals surface area (Å²) >= 11 is 0. The van der Waals surface area contributed by atoms with E-state index in [-0.39, 0.29) is 40.8 Å². The number of aryl methyl sites for hydroxylation is 2. The molecule has 11 heteroatoms. The Hall–Kier alpha value is -4.79. The van der Waals surface area contributed by atoms with Crippen LogP contribution in [-0.4, -0.2) is 66.4 Å². The zero-order chi connectivity index (χ0) is 30.8. The van der Waals surface area contributed by atoms with Crippen LogP contribution in [0, 0.1) is 25.2 Å². The third-order valence-corrected chi connectivity index (χ3v) is 9.44. The number of benzene rings is 3. The summed E-state index contributed by atoms with van der Waals surface area (Å²) < 4.78 is 35.6. The lowest BCUT2D eigenvalue weighted by molar-refractivity contribution is 0.0387. The van der Waals surface area contributed by atoms with Crippen LogP contribution in [0.5, 0.6) is 5.88 Å². The smallest absolute Gasteiger partial charge is 0.264 e. The quantitative estimate of drug-likeness (QED) is 0.359. The Morgan fingerprint density at radius 3 is 2.57 bits per heavy atom. The Kier molecular flexibility index (Phi) is 8.03. The van der Waals surface area contributed by atoms with E-state index < -0.39 is 10.0 Å². The topological polar surface area (TPSA) is 129 Å². The summed E-state index contributed by atoms with van der Waals surface area (Å²) in [6, 6.07) is 23.2. The van der Waals surface area contributed by atoms with Crippen molar-refractivity contribution in [3.63, 3.8) is 0 Å². The van der Waals surface area contributed by atoms with Crippen molar-refractivity contribution in [1.82, 2.24) is 19.8 Å². The van der Waals surface area contributed by atoms with E-state index in [0.717, 1.165) is 22.3 Å². The van der Waals surface area contributed by atoms with E-state index in [2.05, 4.69) is 25.7 Å². The molecule has 0 unspecified atom stereocenters. The molecule has 2 aliphatic heterocycles. The van der Waals surface area contributed by atoms with Crippen LogP contribution in [0.25, 0.3) is 11.3 Å². The third-order valence-electron chi connectivity index (χ3n) is 8.12. The third kappa shape index (κ3) is 6.00. The van der Waals surface area contributed by atoms with Gasteiger partial charge in [-0.05, 0) is 54.8 Å². The van der Waals surface area contributed by atoms with Gasteiger partial charge < -0.3 is 9.64 Å². The van der Waals surface area contributed by atoms with Gasteiger partial charge in [0.15, 0.2) is 0 Å². The van der Waals surface area contributed by atoms with E-state index in [9.17, 15) is 18.5 Å². The minimum Gasteiger partial charge on any atom is -0.477 e. The van der Waals surface area contributed by atoms with Gasteiger partial charge in [0.05, 0.1) is 28.8 Å². The molecule has 6 rings (SSSR count). The van der Waals surface area contributed by atoms with Gasteiger partial charge in [-0.2, -0.15) is 10.2 Å². The molecule has 0 aliphatic carbocycles. The molecule has 1 atom stereocenters. The second-order valence-electron chi connectivity index (χ2n) is 11.1. The molecule has 1 N–H and O–H groups in total. The number of anilines is 1. The molecule has 0 saturated carbocycles. The number of aromatic nitrogens is 2. The highest BCUT2D eigenvalue weighted by molar-refractivity contribution is 7.92. The number of sulfonamides is 1. The zero-order valence-corrected chi connectivity index (χ0v) is 25.3. The number of nitriles is 1.